The molecule has 0 aliphatic carbocycles. The van der Waals surface area contributed by atoms with Crippen LogP contribution < -0.4 is 0 Å². The Morgan fingerprint density at radius 3 is 1.30 bits per heavy atom. The third-order valence-electron chi connectivity index (χ3n) is 4.31. The van der Waals surface area contributed by atoms with Crippen LogP contribution in [0.3, 0.4) is 0 Å². The van der Waals surface area contributed by atoms with E-state index in [2.05, 4.69) is 83.1 Å². The van der Waals surface area contributed by atoms with E-state index < -0.39 is 0 Å². The van der Waals surface area contributed by atoms with Gasteiger partial charge in [-0.1, -0.05) is 106 Å². The fourth-order valence-corrected chi connectivity index (χ4v) is 2.53. The first-order valence-corrected chi connectivity index (χ1v) is 9.25. The molecule has 0 bridgehead atoms. The standard InChI is InChI=1S/C19H24.C4H10/c1-4-5-6-19(17-11-7-15(2)8-12-17)18-13-9-16(3)10-14-18;1-3-4-2/h7-14,19H,4-6H2,1-3H3;3-4H2,1-2H3. The summed E-state index contributed by atoms with van der Waals surface area (Å²) in [5.74, 6) is 0.543. The lowest BCUT2D eigenvalue weighted by Gasteiger charge is -2.18. The SMILES string of the molecule is CCCC.CCCCC(c1ccc(C)cc1)c1ccc(C)cc1. The minimum absolute atomic E-state index is 0.543. The first-order chi connectivity index (χ1) is 11.1. The molecule has 0 atom stereocenters. The molecule has 0 saturated carbocycles. The highest BCUT2D eigenvalue weighted by molar-refractivity contribution is 5.35. The molecule has 0 saturated heterocycles. The number of rotatable bonds is 6. The van der Waals surface area contributed by atoms with Crippen LogP contribution in [0, 0.1) is 13.8 Å². The third kappa shape index (κ3) is 7.03. The molecule has 0 N–H and O–H groups in total. The van der Waals surface area contributed by atoms with E-state index in [0.717, 1.165) is 0 Å². The molecule has 0 spiro atoms. The summed E-state index contributed by atoms with van der Waals surface area (Å²) < 4.78 is 0. The van der Waals surface area contributed by atoms with Crippen LogP contribution in [0.15, 0.2) is 48.5 Å². The Bertz CT molecular complexity index is 471. The number of unbranched alkanes of at least 4 members (excludes halogenated alkanes) is 2. The minimum atomic E-state index is 0.543. The molecule has 0 heteroatoms. The second-order valence-electron chi connectivity index (χ2n) is 6.52. The summed E-state index contributed by atoms with van der Waals surface area (Å²) in [7, 11) is 0. The average Bonchev–Trinajstić information content (AvgIpc) is 2.58. The highest BCUT2D eigenvalue weighted by Crippen LogP contribution is 2.30. The fourth-order valence-electron chi connectivity index (χ4n) is 2.53. The van der Waals surface area contributed by atoms with Gasteiger partial charge >= 0.3 is 0 Å². The maximum absolute atomic E-state index is 2.29. The summed E-state index contributed by atoms with van der Waals surface area (Å²) >= 11 is 0. The van der Waals surface area contributed by atoms with E-state index in [1.807, 2.05) is 0 Å². The molecule has 2 rings (SSSR count). The fraction of sp³-hybridized carbons (Fsp3) is 0.478. The van der Waals surface area contributed by atoms with Crippen molar-refractivity contribution in [1.29, 1.82) is 0 Å². The van der Waals surface area contributed by atoms with Gasteiger partial charge in [-0.05, 0) is 31.4 Å². The molecule has 0 heterocycles. The van der Waals surface area contributed by atoms with Gasteiger partial charge in [0.25, 0.3) is 0 Å². The van der Waals surface area contributed by atoms with Gasteiger partial charge in [0.2, 0.25) is 0 Å². The quantitative estimate of drug-likeness (QED) is 0.520. The smallest absolute Gasteiger partial charge is 0.00893 e. The molecule has 0 unspecified atom stereocenters. The van der Waals surface area contributed by atoms with Crippen LogP contribution in [0.2, 0.25) is 0 Å². The van der Waals surface area contributed by atoms with Gasteiger partial charge in [-0.15, -0.1) is 0 Å². The van der Waals surface area contributed by atoms with Crippen molar-refractivity contribution < 1.29 is 0 Å². The zero-order chi connectivity index (χ0) is 17.1. The van der Waals surface area contributed by atoms with E-state index in [-0.39, 0.29) is 0 Å². The Morgan fingerprint density at radius 2 is 1.00 bits per heavy atom. The summed E-state index contributed by atoms with van der Waals surface area (Å²) in [5, 5.41) is 0. The summed E-state index contributed by atoms with van der Waals surface area (Å²) in [6, 6.07) is 18.0. The third-order valence-corrected chi connectivity index (χ3v) is 4.31. The molecule has 0 radical (unpaired) electrons. The highest BCUT2D eigenvalue weighted by Gasteiger charge is 2.13. The summed E-state index contributed by atoms with van der Waals surface area (Å²) in [6.45, 7) is 10.9. The zero-order valence-corrected chi connectivity index (χ0v) is 15.7. The molecular formula is C23H34. The summed E-state index contributed by atoms with van der Waals surface area (Å²) in [5.41, 5.74) is 5.56. The lowest BCUT2D eigenvalue weighted by atomic mass is 9.86. The Hall–Kier alpha value is -1.56. The van der Waals surface area contributed by atoms with E-state index in [1.165, 1.54) is 54.4 Å². The molecule has 2 aromatic carbocycles. The van der Waals surface area contributed by atoms with Gasteiger partial charge in [0.15, 0.2) is 0 Å². The van der Waals surface area contributed by atoms with Gasteiger partial charge < -0.3 is 0 Å². The van der Waals surface area contributed by atoms with Gasteiger partial charge in [0.05, 0.1) is 0 Å². The van der Waals surface area contributed by atoms with E-state index in [1.54, 1.807) is 0 Å². The molecule has 23 heavy (non-hydrogen) atoms. The molecule has 0 aromatic heterocycles. The number of hydrogen-bond acceptors (Lipinski definition) is 0. The van der Waals surface area contributed by atoms with Crippen molar-refractivity contribution in [3.8, 4) is 0 Å². The Morgan fingerprint density at radius 1 is 0.609 bits per heavy atom. The predicted octanol–water partition coefficient (Wildman–Crippen LogP) is 7.43. The molecule has 0 nitrogen and oxygen atoms in total. The van der Waals surface area contributed by atoms with Crippen LogP contribution >= 0.6 is 0 Å². The number of benzene rings is 2. The summed E-state index contributed by atoms with van der Waals surface area (Å²) in [6.07, 6.45) is 6.42. The zero-order valence-electron chi connectivity index (χ0n) is 15.7. The predicted molar refractivity (Wildman–Crippen MR) is 104 cm³/mol. The lowest BCUT2D eigenvalue weighted by Crippen LogP contribution is -2.01. The van der Waals surface area contributed by atoms with Crippen molar-refractivity contribution in [3.63, 3.8) is 0 Å². The second-order valence-corrected chi connectivity index (χ2v) is 6.52. The Labute approximate surface area is 144 Å². The van der Waals surface area contributed by atoms with Gasteiger partial charge in [0, 0.05) is 5.92 Å². The largest absolute Gasteiger partial charge is 0.0654 e. The number of aryl methyl sites for hydroxylation is 2. The second kappa shape index (κ2) is 11.0. The average molecular weight is 311 g/mol. The van der Waals surface area contributed by atoms with Crippen LogP contribution in [0.5, 0.6) is 0 Å². The molecular weight excluding hydrogens is 276 g/mol. The molecule has 0 fully saturated rings. The van der Waals surface area contributed by atoms with Crippen LogP contribution in [-0.2, 0) is 0 Å². The maximum atomic E-state index is 2.29. The minimum Gasteiger partial charge on any atom is -0.0654 e. The van der Waals surface area contributed by atoms with E-state index in [9.17, 15) is 0 Å². The molecule has 2 aromatic rings. The van der Waals surface area contributed by atoms with Crippen molar-refractivity contribution in [3.05, 3.63) is 70.8 Å². The van der Waals surface area contributed by atoms with E-state index >= 15 is 0 Å². The molecule has 0 aliphatic heterocycles. The maximum Gasteiger partial charge on any atom is 0.00893 e. The van der Waals surface area contributed by atoms with Crippen molar-refractivity contribution in [2.75, 3.05) is 0 Å². The van der Waals surface area contributed by atoms with Crippen LogP contribution in [0.4, 0.5) is 0 Å². The van der Waals surface area contributed by atoms with Gasteiger partial charge in [0.1, 0.15) is 0 Å². The number of hydrogen-bond donors (Lipinski definition) is 0. The molecule has 0 aliphatic rings. The normalized spacial score (nSPS) is 10.3. The topological polar surface area (TPSA) is 0 Å². The molecule has 126 valence electrons. The van der Waals surface area contributed by atoms with Gasteiger partial charge in [-0.25, -0.2) is 0 Å². The van der Waals surface area contributed by atoms with Crippen LogP contribution in [0.25, 0.3) is 0 Å². The van der Waals surface area contributed by atoms with Gasteiger partial charge in [-0.2, -0.15) is 0 Å². The lowest BCUT2D eigenvalue weighted by molar-refractivity contribution is 0.650. The van der Waals surface area contributed by atoms with Crippen molar-refractivity contribution >= 4 is 0 Å². The van der Waals surface area contributed by atoms with Crippen molar-refractivity contribution in [1.82, 2.24) is 0 Å². The van der Waals surface area contributed by atoms with Gasteiger partial charge in [-0.3, -0.25) is 0 Å². The summed E-state index contributed by atoms with van der Waals surface area (Å²) in [4.78, 5) is 0. The van der Waals surface area contributed by atoms with Crippen molar-refractivity contribution in [2.45, 2.75) is 72.6 Å². The van der Waals surface area contributed by atoms with Crippen LogP contribution in [-0.4, -0.2) is 0 Å². The first-order valence-electron chi connectivity index (χ1n) is 9.25. The first kappa shape index (κ1) is 19.5. The highest BCUT2D eigenvalue weighted by atomic mass is 14.2. The molecule has 0 amide bonds. The van der Waals surface area contributed by atoms with Crippen LogP contribution in [0.1, 0.15) is 81.0 Å². The van der Waals surface area contributed by atoms with E-state index in [0.29, 0.717) is 5.92 Å². The Balaban J connectivity index is 0.000000593. The Kier molecular flexibility index (Phi) is 9.36. The van der Waals surface area contributed by atoms with Crippen molar-refractivity contribution in [2.24, 2.45) is 0 Å². The monoisotopic (exact) mass is 310 g/mol. The van der Waals surface area contributed by atoms with E-state index in [4.69, 9.17) is 0 Å².